The van der Waals surface area contributed by atoms with Gasteiger partial charge < -0.3 is 4.74 Å². The molecular formula is C15H17BrN2O2. The standard InChI is InChI=1S/C15H17BrN2O2/c1-3-9-18-14(12(16)10-17-18)15(19)11-7-5-6-8-13(11)20-4-2/h5-8,10H,3-4,9H2,1-2H3. The lowest BCUT2D eigenvalue weighted by Gasteiger charge is -2.10. The van der Waals surface area contributed by atoms with Gasteiger partial charge in [0.15, 0.2) is 0 Å². The largest absolute Gasteiger partial charge is 0.493 e. The Hall–Kier alpha value is -1.62. The van der Waals surface area contributed by atoms with Gasteiger partial charge in [0.05, 0.1) is 22.8 Å². The highest BCUT2D eigenvalue weighted by Crippen LogP contribution is 2.25. The van der Waals surface area contributed by atoms with Crippen molar-refractivity contribution < 1.29 is 9.53 Å². The SMILES string of the molecule is CCCn1ncc(Br)c1C(=O)c1ccccc1OCC. The lowest BCUT2D eigenvalue weighted by Crippen LogP contribution is -2.13. The molecular weight excluding hydrogens is 320 g/mol. The number of benzene rings is 1. The Morgan fingerprint density at radius 3 is 2.80 bits per heavy atom. The van der Waals surface area contributed by atoms with Gasteiger partial charge in [0, 0.05) is 6.54 Å². The molecule has 2 rings (SSSR count). The lowest BCUT2D eigenvalue weighted by molar-refractivity contribution is 0.102. The molecule has 0 saturated carbocycles. The summed E-state index contributed by atoms with van der Waals surface area (Å²) in [6.45, 7) is 5.19. The van der Waals surface area contributed by atoms with E-state index in [0.717, 1.165) is 6.42 Å². The van der Waals surface area contributed by atoms with E-state index in [1.807, 2.05) is 25.1 Å². The first-order valence-corrected chi connectivity index (χ1v) is 7.46. The first kappa shape index (κ1) is 14.8. The number of carbonyl (C=O) groups excluding carboxylic acids is 1. The molecule has 0 unspecified atom stereocenters. The molecule has 0 aliphatic rings. The van der Waals surface area contributed by atoms with E-state index in [1.165, 1.54) is 0 Å². The van der Waals surface area contributed by atoms with Crippen LogP contribution in [-0.2, 0) is 6.54 Å². The van der Waals surface area contributed by atoms with Crippen molar-refractivity contribution in [1.82, 2.24) is 9.78 Å². The smallest absolute Gasteiger partial charge is 0.215 e. The van der Waals surface area contributed by atoms with Crippen molar-refractivity contribution in [3.05, 3.63) is 46.2 Å². The van der Waals surface area contributed by atoms with Crippen LogP contribution < -0.4 is 4.74 Å². The monoisotopic (exact) mass is 336 g/mol. The van der Waals surface area contributed by atoms with Gasteiger partial charge in [0.2, 0.25) is 5.78 Å². The molecule has 0 saturated heterocycles. The molecule has 0 aliphatic heterocycles. The topological polar surface area (TPSA) is 44.1 Å². The number of rotatable bonds is 6. The van der Waals surface area contributed by atoms with E-state index in [4.69, 9.17) is 4.74 Å². The van der Waals surface area contributed by atoms with E-state index in [9.17, 15) is 4.79 Å². The van der Waals surface area contributed by atoms with Gasteiger partial charge in [-0.2, -0.15) is 5.10 Å². The fourth-order valence-electron chi connectivity index (χ4n) is 2.03. The maximum atomic E-state index is 12.7. The normalized spacial score (nSPS) is 10.6. The first-order chi connectivity index (χ1) is 9.69. The van der Waals surface area contributed by atoms with E-state index in [0.29, 0.717) is 34.6 Å². The average molecular weight is 337 g/mol. The molecule has 1 heterocycles. The molecule has 0 spiro atoms. The van der Waals surface area contributed by atoms with Crippen LogP contribution in [-0.4, -0.2) is 22.2 Å². The number of ether oxygens (including phenoxy) is 1. The number of aryl methyl sites for hydroxylation is 1. The van der Waals surface area contributed by atoms with Crippen molar-refractivity contribution in [3.63, 3.8) is 0 Å². The Morgan fingerprint density at radius 1 is 1.35 bits per heavy atom. The summed E-state index contributed by atoms with van der Waals surface area (Å²) in [7, 11) is 0. The molecule has 0 radical (unpaired) electrons. The molecule has 106 valence electrons. The van der Waals surface area contributed by atoms with Crippen molar-refractivity contribution in [1.29, 1.82) is 0 Å². The predicted octanol–water partition coefficient (Wildman–Crippen LogP) is 3.69. The second kappa shape index (κ2) is 6.70. The molecule has 1 aromatic carbocycles. The van der Waals surface area contributed by atoms with Crippen molar-refractivity contribution in [2.24, 2.45) is 0 Å². The molecule has 2 aromatic rings. The predicted molar refractivity (Wildman–Crippen MR) is 81.3 cm³/mol. The van der Waals surface area contributed by atoms with Crippen LogP contribution in [0.25, 0.3) is 0 Å². The third kappa shape index (κ3) is 2.93. The molecule has 20 heavy (non-hydrogen) atoms. The molecule has 1 aromatic heterocycles. The minimum absolute atomic E-state index is 0.0770. The zero-order valence-electron chi connectivity index (χ0n) is 11.6. The van der Waals surface area contributed by atoms with Crippen molar-refractivity contribution in [3.8, 4) is 5.75 Å². The summed E-state index contributed by atoms with van der Waals surface area (Å²) >= 11 is 3.40. The summed E-state index contributed by atoms with van der Waals surface area (Å²) in [5, 5.41) is 4.24. The van der Waals surface area contributed by atoms with Crippen LogP contribution >= 0.6 is 15.9 Å². The van der Waals surface area contributed by atoms with E-state index < -0.39 is 0 Å². The van der Waals surface area contributed by atoms with E-state index >= 15 is 0 Å². The molecule has 5 heteroatoms. The number of hydrogen-bond donors (Lipinski definition) is 0. The first-order valence-electron chi connectivity index (χ1n) is 6.66. The van der Waals surface area contributed by atoms with Crippen LogP contribution in [0.4, 0.5) is 0 Å². The van der Waals surface area contributed by atoms with Crippen LogP contribution in [0.1, 0.15) is 36.3 Å². The van der Waals surface area contributed by atoms with Crippen LogP contribution in [0.2, 0.25) is 0 Å². The third-order valence-corrected chi connectivity index (χ3v) is 3.46. The number of nitrogens with zero attached hydrogens (tertiary/aromatic N) is 2. The number of aromatic nitrogens is 2. The summed E-state index contributed by atoms with van der Waals surface area (Å²) in [4.78, 5) is 12.7. The minimum Gasteiger partial charge on any atom is -0.493 e. The summed E-state index contributed by atoms with van der Waals surface area (Å²) < 4.78 is 7.97. The fourth-order valence-corrected chi connectivity index (χ4v) is 2.51. The van der Waals surface area contributed by atoms with Gasteiger partial charge >= 0.3 is 0 Å². The Bertz CT molecular complexity index is 608. The van der Waals surface area contributed by atoms with Gasteiger partial charge in [0.25, 0.3) is 0 Å². The summed E-state index contributed by atoms with van der Waals surface area (Å²) in [5.41, 5.74) is 1.13. The molecule has 0 atom stereocenters. The lowest BCUT2D eigenvalue weighted by atomic mass is 10.1. The second-order valence-corrected chi connectivity index (χ2v) is 5.18. The Labute approximate surface area is 126 Å². The number of hydrogen-bond acceptors (Lipinski definition) is 3. The van der Waals surface area contributed by atoms with Crippen LogP contribution in [0.3, 0.4) is 0 Å². The highest BCUT2D eigenvalue weighted by Gasteiger charge is 2.21. The van der Waals surface area contributed by atoms with Gasteiger partial charge in [-0.15, -0.1) is 0 Å². The van der Waals surface area contributed by atoms with Crippen molar-refractivity contribution in [2.45, 2.75) is 26.8 Å². The quantitative estimate of drug-likeness (QED) is 0.755. The van der Waals surface area contributed by atoms with E-state index in [-0.39, 0.29) is 5.78 Å². The van der Waals surface area contributed by atoms with Crippen LogP contribution in [0, 0.1) is 0 Å². The zero-order valence-corrected chi connectivity index (χ0v) is 13.2. The van der Waals surface area contributed by atoms with Gasteiger partial charge in [-0.25, -0.2) is 0 Å². The van der Waals surface area contributed by atoms with Gasteiger partial charge in [-0.1, -0.05) is 19.1 Å². The molecule has 0 fully saturated rings. The summed E-state index contributed by atoms with van der Waals surface area (Å²) in [6, 6.07) is 7.29. The number of carbonyl (C=O) groups is 1. The fraction of sp³-hybridized carbons (Fsp3) is 0.333. The molecule has 4 nitrogen and oxygen atoms in total. The molecule has 0 aliphatic carbocycles. The number of para-hydroxylation sites is 1. The maximum absolute atomic E-state index is 12.7. The highest BCUT2D eigenvalue weighted by atomic mass is 79.9. The van der Waals surface area contributed by atoms with Gasteiger partial charge in [-0.3, -0.25) is 9.48 Å². The average Bonchev–Trinajstić information content (AvgIpc) is 2.81. The summed E-state index contributed by atoms with van der Waals surface area (Å²) in [6.07, 6.45) is 2.58. The van der Waals surface area contributed by atoms with Crippen molar-refractivity contribution >= 4 is 21.7 Å². The molecule has 0 amide bonds. The van der Waals surface area contributed by atoms with Crippen LogP contribution in [0.5, 0.6) is 5.75 Å². The van der Waals surface area contributed by atoms with Gasteiger partial charge in [-0.05, 0) is 41.4 Å². The zero-order chi connectivity index (χ0) is 14.5. The Balaban J connectivity index is 2.44. The van der Waals surface area contributed by atoms with Gasteiger partial charge in [0.1, 0.15) is 11.4 Å². The maximum Gasteiger partial charge on any atom is 0.215 e. The Kier molecular flexibility index (Phi) is 4.95. The van der Waals surface area contributed by atoms with E-state index in [1.54, 1.807) is 16.9 Å². The third-order valence-electron chi connectivity index (χ3n) is 2.88. The highest BCUT2D eigenvalue weighted by molar-refractivity contribution is 9.10. The Morgan fingerprint density at radius 2 is 2.10 bits per heavy atom. The molecule has 0 bridgehead atoms. The summed E-state index contributed by atoms with van der Waals surface area (Å²) in [5.74, 6) is 0.531. The van der Waals surface area contributed by atoms with Crippen molar-refractivity contribution in [2.75, 3.05) is 6.61 Å². The van der Waals surface area contributed by atoms with Crippen LogP contribution in [0.15, 0.2) is 34.9 Å². The minimum atomic E-state index is -0.0770. The second-order valence-electron chi connectivity index (χ2n) is 4.32. The molecule has 0 N–H and O–H groups in total. The van der Waals surface area contributed by atoms with E-state index in [2.05, 4.69) is 28.0 Å². The number of halogens is 1. The number of ketones is 1.